The average Bonchev–Trinajstić information content (AvgIpc) is 2.24. The molecular weight excluding hydrogens is 230 g/mol. The van der Waals surface area contributed by atoms with Gasteiger partial charge in [0, 0.05) is 18.8 Å². The van der Waals surface area contributed by atoms with E-state index in [1.807, 2.05) is 42.2 Å². The minimum Gasteiger partial charge on any atom is -0.726 e. The lowest BCUT2D eigenvalue weighted by Gasteiger charge is -2.23. The van der Waals surface area contributed by atoms with E-state index in [9.17, 15) is 13.0 Å². The fraction of sp³-hybridized carbons (Fsp3) is 0.400. The summed E-state index contributed by atoms with van der Waals surface area (Å²) in [6, 6.07) is 9.51. The smallest absolute Gasteiger partial charge is 0.726 e. The Hall–Kier alpha value is -1.11. The first-order valence-corrected chi connectivity index (χ1v) is 6.26. The molecule has 16 heavy (non-hydrogen) atoms. The van der Waals surface area contributed by atoms with Crippen molar-refractivity contribution in [2.75, 3.05) is 24.6 Å². The van der Waals surface area contributed by atoms with Gasteiger partial charge in [-0.05, 0) is 19.1 Å². The van der Waals surface area contributed by atoms with Gasteiger partial charge in [0.05, 0.1) is 6.61 Å². The number of hydrogen-bond acceptors (Lipinski definition) is 5. The van der Waals surface area contributed by atoms with E-state index in [1.165, 1.54) is 0 Å². The van der Waals surface area contributed by atoms with Gasteiger partial charge in [0.15, 0.2) is 0 Å². The van der Waals surface area contributed by atoms with Gasteiger partial charge in [-0.15, -0.1) is 0 Å². The third-order valence-electron chi connectivity index (χ3n) is 2.09. The van der Waals surface area contributed by atoms with Crippen LogP contribution in [0.1, 0.15) is 8.35 Å². The van der Waals surface area contributed by atoms with Crippen LogP contribution in [0.3, 0.4) is 0 Å². The van der Waals surface area contributed by atoms with Crippen molar-refractivity contribution in [1.29, 1.82) is 0 Å². The van der Waals surface area contributed by atoms with E-state index >= 15 is 0 Å². The molecule has 6 heteroatoms. The molecule has 0 heterocycles. The van der Waals surface area contributed by atoms with Gasteiger partial charge in [-0.1, -0.05) is 18.2 Å². The summed E-state index contributed by atoms with van der Waals surface area (Å²) in [6.45, 7) is 2.89. The first kappa shape index (κ1) is 13.0. The number of rotatable bonds is 6. The molecule has 0 saturated carbocycles. The summed E-state index contributed by atoms with van der Waals surface area (Å²) in [7, 11) is -4.59. The van der Waals surface area contributed by atoms with Crippen molar-refractivity contribution in [3.8, 4) is 0 Å². The van der Waals surface area contributed by atoms with Gasteiger partial charge >= 0.3 is 1.43 Å². The second-order valence-corrected chi connectivity index (χ2v) is 4.20. The van der Waals surface area contributed by atoms with Crippen LogP contribution in [-0.2, 0) is 14.6 Å². The number of benzene rings is 1. The summed E-state index contributed by atoms with van der Waals surface area (Å²) in [6.07, 6.45) is 0. The molecule has 1 aromatic rings. The molecule has 1 aromatic carbocycles. The van der Waals surface area contributed by atoms with E-state index in [1.54, 1.807) is 0 Å². The molecule has 5 nitrogen and oxygen atoms in total. The van der Waals surface area contributed by atoms with Gasteiger partial charge in [0.1, 0.15) is 0 Å². The zero-order valence-electron chi connectivity index (χ0n) is 10.00. The molecule has 0 saturated heterocycles. The predicted octanol–water partition coefficient (Wildman–Crippen LogP) is 1.10. The molecule has 0 N–H and O–H groups in total. The topological polar surface area (TPSA) is 69.7 Å². The van der Waals surface area contributed by atoms with Crippen LogP contribution in [0, 0.1) is 0 Å². The van der Waals surface area contributed by atoms with Gasteiger partial charge < -0.3 is 9.45 Å². The second kappa shape index (κ2) is 5.83. The first-order chi connectivity index (χ1) is 7.53. The van der Waals surface area contributed by atoms with E-state index in [0.29, 0.717) is 13.1 Å². The Labute approximate surface area is 97.1 Å². The molecule has 0 amide bonds. The van der Waals surface area contributed by atoms with Crippen molar-refractivity contribution in [3.05, 3.63) is 30.3 Å². The number of hydrogen-bond donors (Lipinski definition) is 0. The highest BCUT2D eigenvalue weighted by Crippen LogP contribution is 2.12. The molecule has 0 aliphatic heterocycles. The summed E-state index contributed by atoms with van der Waals surface area (Å²) < 4.78 is 34.9. The van der Waals surface area contributed by atoms with Crippen LogP contribution in [0.4, 0.5) is 5.69 Å². The zero-order chi connectivity index (χ0) is 12.0. The summed E-state index contributed by atoms with van der Waals surface area (Å²) >= 11 is 0. The van der Waals surface area contributed by atoms with E-state index in [4.69, 9.17) is 0 Å². The molecule has 0 aliphatic rings. The molecular formula is C10H15NO4S. The lowest BCUT2D eigenvalue weighted by molar-refractivity contribution is 0.266. The number of para-hydroxylation sites is 1. The van der Waals surface area contributed by atoms with Crippen molar-refractivity contribution < 1.29 is 18.6 Å². The molecule has 0 fully saturated rings. The SMILES string of the molecule is CCN(CCOS(=O)(=O)[O-])c1ccccc1.[H+]. The third-order valence-corrected chi connectivity index (χ3v) is 2.55. The van der Waals surface area contributed by atoms with Crippen LogP contribution < -0.4 is 4.90 Å². The molecule has 0 radical (unpaired) electrons. The maximum Gasteiger partial charge on any atom is 1.00 e. The molecule has 90 valence electrons. The number of likely N-dealkylation sites (N-methyl/N-ethyl adjacent to an activating group) is 1. The Balaban J connectivity index is 0.00000256. The quantitative estimate of drug-likeness (QED) is 0.554. The van der Waals surface area contributed by atoms with Crippen LogP contribution >= 0.6 is 0 Å². The second-order valence-electron chi connectivity index (χ2n) is 3.15. The average molecular weight is 245 g/mol. The number of nitrogens with zero attached hydrogens (tertiary/aromatic N) is 1. The minimum absolute atomic E-state index is 0. The van der Waals surface area contributed by atoms with Crippen molar-refractivity contribution >= 4 is 16.1 Å². The fourth-order valence-electron chi connectivity index (χ4n) is 1.36. The van der Waals surface area contributed by atoms with Gasteiger partial charge in [-0.2, -0.15) is 0 Å². The van der Waals surface area contributed by atoms with Crippen molar-refractivity contribution in [3.63, 3.8) is 0 Å². The summed E-state index contributed by atoms with van der Waals surface area (Å²) in [4.78, 5) is 1.92. The Morgan fingerprint density at radius 2 is 2.00 bits per heavy atom. The molecule has 1 rings (SSSR count). The Bertz CT molecular complexity index is 410. The van der Waals surface area contributed by atoms with E-state index in [-0.39, 0.29) is 8.03 Å². The van der Waals surface area contributed by atoms with Crippen molar-refractivity contribution in [2.24, 2.45) is 0 Å². The largest absolute Gasteiger partial charge is 1.00 e. The van der Waals surface area contributed by atoms with Crippen LogP contribution in [0.15, 0.2) is 30.3 Å². The van der Waals surface area contributed by atoms with Crippen LogP contribution in [-0.4, -0.2) is 32.7 Å². The van der Waals surface area contributed by atoms with Gasteiger partial charge in [0.25, 0.3) is 0 Å². The maximum absolute atomic E-state index is 10.2. The Morgan fingerprint density at radius 1 is 1.38 bits per heavy atom. The van der Waals surface area contributed by atoms with E-state index in [0.717, 1.165) is 5.69 Å². The highest BCUT2D eigenvalue weighted by atomic mass is 32.3. The third kappa shape index (κ3) is 4.61. The lowest BCUT2D eigenvalue weighted by atomic mass is 10.3. The Morgan fingerprint density at radius 3 is 2.50 bits per heavy atom. The van der Waals surface area contributed by atoms with Gasteiger partial charge in [-0.3, -0.25) is 4.18 Å². The minimum atomic E-state index is -4.59. The summed E-state index contributed by atoms with van der Waals surface area (Å²) in [5.41, 5.74) is 0.969. The van der Waals surface area contributed by atoms with Gasteiger partial charge in [0.2, 0.25) is 10.4 Å². The zero-order valence-corrected chi connectivity index (χ0v) is 9.81. The standard InChI is InChI=1S/C10H15NO4S/c1-2-11(8-9-15-16(12,13)14)10-6-4-3-5-7-10/h3-7H,2,8-9H2,1H3,(H,12,13,14). The lowest BCUT2D eigenvalue weighted by Crippen LogP contribution is -2.27. The van der Waals surface area contributed by atoms with E-state index in [2.05, 4.69) is 4.18 Å². The summed E-state index contributed by atoms with van der Waals surface area (Å²) in [5, 5.41) is 0. The molecule has 0 aromatic heterocycles. The molecule has 0 aliphatic carbocycles. The first-order valence-electron chi connectivity index (χ1n) is 4.93. The van der Waals surface area contributed by atoms with Crippen LogP contribution in [0.5, 0.6) is 0 Å². The summed E-state index contributed by atoms with van der Waals surface area (Å²) in [5.74, 6) is 0. The maximum atomic E-state index is 10.2. The van der Waals surface area contributed by atoms with Crippen LogP contribution in [0.25, 0.3) is 0 Å². The normalized spacial score (nSPS) is 11.4. The van der Waals surface area contributed by atoms with Crippen molar-refractivity contribution in [2.45, 2.75) is 6.92 Å². The monoisotopic (exact) mass is 245 g/mol. The molecule has 0 unspecified atom stereocenters. The fourth-order valence-corrected chi connectivity index (χ4v) is 1.64. The highest BCUT2D eigenvalue weighted by molar-refractivity contribution is 7.80. The Kier molecular flexibility index (Phi) is 4.72. The number of anilines is 1. The van der Waals surface area contributed by atoms with E-state index < -0.39 is 10.4 Å². The molecule has 0 atom stereocenters. The molecule has 0 bridgehead atoms. The van der Waals surface area contributed by atoms with Gasteiger partial charge in [-0.25, -0.2) is 8.42 Å². The highest BCUT2D eigenvalue weighted by Gasteiger charge is 2.04. The van der Waals surface area contributed by atoms with Crippen LogP contribution in [0.2, 0.25) is 0 Å². The molecule has 0 spiro atoms. The van der Waals surface area contributed by atoms with Crippen molar-refractivity contribution in [1.82, 2.24) is 0 Å². The predicted molar refractivity (Wildman–Crippen MR) is 61.1 cm³/mol.